The lowest BCUT2D eigenvalue weighted by Crippen LogP contribution is -2.03. The Kier molecular flexibility index (Phi) is 3.16. The average molecular weight is 283 g/mol. The minimum atomic E-state index is -0.126. The lowest BCUT2D eigenvalue weighted by Gasteiger charge is -2.10. The number of benzene rings is 2. The van der Waals surface area contributed by atoms with Crippen molar-refractivity contribution in [2.24, 2.45) is 0 Å². The van der Waals surface area contributed by atoms with Crippen molar-refractivity contribution in [2.75, 3.05) is 5.73 Å². The van der Waals surface area contributed by atoms with Gasteiger partial charge in [-0.25, -0.2) is 9.37 Å². The number of halogens is 1. The third kappa shape index (κ3) is 2.37. The number of nitrogen functional groups attached to an aromatic ring is 1. The number of rotatable bonds is 2. The van der Waals surface area contributed by atoms with Crippen LogP contribution in [0.25, 0.3) is 11.0 Å². The summed E-state index contributed by atoms with van der Waals surface area (Å²) in [7, 11) is 0. The highest BCUT2D eigenvalue weighted by atomic mass is 19.1. The fraction of sp³-hybridized carbons (Fsp3) is 0.235. The maximum Gasteiger partial charge on any atom is 0.129 e. The number of anilines is 1. The molecule has 21 heavy (non-hydrogen) atoms. The Labute approximate surface area is 123 Å². The molecule has 1 aromatic heterocycles. The van der Waals surface area contributed by atoms with Crippen molar-refractivity contribution in [2.45, 2.75) is 27.3 Å². The van der Waals surface area contributed by atoms with Gasteiger partial charge in [0.25, 0.3) is 0 Å². The van der Waals surface area contributed by atoms with Crippen LogP contribution in [0.4, 0.5) is 10.1 Å². The van der Waals surface area contributed by atoms with Gasteiger partial charge in [-0.05, 0) is 55.7 Å². The van der Waals surface area contributed by atoms with E-state index in [1.807, 2.05) is 37.3 Å². The second-order valence-electron chi connectivity index (χ2n) is 5.54. The predicted octanol–water partition coefficient (Wildman–Crippen LogP) is 3.73. The molecule has 0 saturated carbocycles. The van der Waals surface area contributed by atoms with Crippen LogP contribution in [0.3, 0.4) is 0 Å². The molecule has 3 aromatic rings. The molecule has 2 aromatic carbocycles. The zero-order valence-corrected chi connectivity index (χ0v) is 12.4. The number of imidazole rings is 1. The van der Waals surface area contributed by atoms with Crippen LogP contribution in [-0.4, -0.2) is 9.55 Å². The van der Waals surface area contributed by atoms with E-state index in [9.17, 15) is 4.39 Å². The van der Waals surface area contributed by atoms with Gasteiger partial charge in [-0.2, -0.15) is 0 Å². The summed E-state index contributed by atoms with van der Waals surface area (Å²) in [6, 6.07) is 9.52. The molecule has 3 nitrogen and oxygen atoms in total. The Bertz CT molecular complexity index is 810. The molecule has 0 aliphatic carbocycles. The van der Waals surface area contributed by atoms with Crippen LogP contribution >= 0.6 is 0 Å². The number of fused-ring (bicyclic) bond motifs is 1. The molecule has 108 valence electrons. The molecule has 0 radical (unpaired) electrons. The number of hydrogen-bond acceptors (Lipinski definition) is 2. The average Bonchev–Trinajstić information content (AvgIpc) is 2.71. The summed E-state index contributed by atoms with van der Waals surface area (Å²) in [6.45, 7) is 6.24. The minimum Gasteiger partial charge on any atom is -0.399 e. The molecule has 0 aliphatic rings. The third-order valence-corrected chi connectivity index (χ3v) is 3.80. The van der Waals surface area contributed by atoms with Gasteiger partial charge in [0.05, 0.1) is 11.0 Å². The molecule has 1 heterocycles. The molecule has 0 unspecified atom stereocenters. The molecule has 0 spiro atoms. The fourth-order valence-corrected chi connectivity index (χ4v) is 2.78. The molecular formula is C17H18FN3. The summed E-state index contributed by atoms with van der Waals surface area (Å²) >= 11 is 0. The summed E-state index contributed by atoms with van der Waals surface area (Å²) in [4.78, 5) is 4.54. The first-order valence-corrected chi connectivity index (χ1v) is 6.93. The Morgan fingerprint density at radius 3 is 2.43 bits per heavy atom. The molecule has 0 bridgehead atoms. The van der Waals surface area contributed by atoms with Gasteiger partial charge in [0.2, 0.25) is 0 Å². The second kappa shape index (κ2) is 4.88. The van der Waals surface area contributed by atoms with Gasteiger partial charge in [-0.3, -0.25) is 0 Å². The van der Waals surface area contributed by atoms with Crippen LogP contribution in [0.2, 0.25) is 0 Å². The number of aryl methyl sites for hydroxylation is 3. The highest BCUT2D eigenvalue weighted by molar-refractivity contribution is 5.79. The van der Waals surface area contributed by atoms with E-state index < -0.39 is 0 Å². The number of hydrogen-bond donors (Lipinski definition) is 1. The second-order valence-corrected chi connectivity index (χ2v) is 5.54. The smallest absolute Gasteiger partial charge is 0.129 e. The van der Waals surface area contributed by atoms with Gasteiger partial charge in [0.1, 0.15) is 11.6 Å². The zero-order valence-electron chi connectivity index (χ0n) is 12.4. The topological polar surface area (TPSA) is 43.8 Å². The van der Waals surface area contributed by atoms with E-state index in [1.165, 1.54) is 0 Å². The van der Waals surface area contributed by atoms with Crippen LogP contribution in [0, 0.1) is 26.6 Å². The maximum atomic E-state index is 13.7. The van der Waals surface area contributed by atoms with Crippen LogP contribution < -0.4 is 5.73 Å². The van der Waals surface area contributed by atoms with Crippen molar-refractivity contribution in [3.63, 3.8) is 0 Å². The molecule has 0 amide bonds. The molecule has 0 saturated heterocycles. The zero-order chi connectivity index (χ0) is 15.1. The van der Waals surface area contributed by atoms with E-state index in [0.717, 1.165) is 22.4 Å². The van der Waals surface area contributed by atoms with E-state index in [-0.39, 0.29) is 5.82 Å². The quantitative estimate of drug-likeness (QED) is 0.728. The summed E-state index contributed by atoms with van der Waals surface area (Å²) in [5.41, 5.74) is 10.9. The van der Waals surface area contributed by atoms with Gasteiger partial charge in [-0.1, -0.05) is 12.1 Å². The lowest BCUT2D eigenvalue weighted by molar-refractivity contribution is 0.607. The Morgan fingerprint density at radius 1 is 1.10 bits per heavy atom. The van der Waals surface area contributed by atoms with Crippen molar-refractivity contribution in [1.82, 2.24) is 9.55 Å². The highest BCUT2D eigenvalue weighted by Gasteiger charge is 2.10. The summed E-state index contributed by atoms with van der Waals surface area (Å²) in [6.07, 6.45) is 0. The van der Waals surface area contributed by atoms with Gasteiger partial charge in [0.15, 0.2) is 0 Å². The summed E-state index contributed by atoms with van der Waals surface area (Å²) in [5.74, 6) is 0.800. The fourth-order valence-electron chi connectivity index (χ4n) is 2.78. The van der Waals surface area contributed by atoms with E-state index >= 15 is 0 Å². The van der Waals surface area contributed by atoms with Crippen molar-refractivity contribution >= 4 is 16.7 Å². The highest BCUT2D eigenvalue weighted by Crippen LogP contribution is 2.22. The molecular weight excluding hydrogens is 265 g/mol. The van der Waals surface area contributed by atoms with Crippen molar-refractivity contribution in [3.05, 3.63) is 58.7 Å². The van der Waals surface area contributed by atoms with Crippen LogP contribution in [0.5, 0.6) is 0 Å². The van der Waals surface area contributed by atoms with Crippen molar-refractivity contribution in [3.8, 4) is 0 Å². The monoisotopic (exact) mass is 283 g/mol. The minimum absolute atomic E-state index is 0.126. The lowest BCUT2D eigenvalue weighted by atomic mass is 10.1. The number of nitrogens with two attached hydrogens (primary N) is 1. The first kappa shape index (κ1) is 13.6. The van der Waals surface area contributed by atoms with Crippen LogP contribution in [0.1, 0.15) is 22.5 Å². The van der Waals surface area contributed by atoms with Gasteiger partial charge in [0, 0.05) is 12.2 Å². The van der Waals surface area contributed by atoms with E-state index in [2.05, 4.69) is 9.55 Å². The number of aromatic nitrogens is 2. The van der Waals surface area contributed by atoms with Gasteiger partial charge < -0.3 is 10.3 Å². The standard InChI is InChI=1S/C17H18FN3/c1-10-6-13(7-11(2)17(10)18)9-21-12(3)20-15-8-14(19)4-5-16(15)21/h4-8H,9,19H2,1-3H3. The third-order valence-electron chi connectivity index (χ3n) is 3.80. The molecule has 3 rings (SSSR count). The molecule has 0 fully saturated rings. The molecule has 4 heteroatoms. The van der Waals surface area contributed by atoms with E-state index in [4.69, 9.17) is 5.73 Å². The Balaban J connectivity index is 2.08. The summed E-state index contributed by atoms with van der Waals surface area (Å²) < 4.78 is 15.9. The SMILES string of the molecule is Cc1cc(Cn2c(C)nc3cc(N)ccc32)cc(C)c1F. The largest absolute Gasteiger partial charge is 0.399 e. The molecule has 2 N–H and O–H groups in total. The van der Waals surface area contributed by atoms with Crippen molar-refractivity contribution in [1.29, 1.82) is 0 Å². The normalized spacial score (nSPS) is 11.2. The summed E-state index contributed by atoms with van der Waals surface area (Å²) in [5, 5.41) is 0. The predicted molar refractivity (Wildman–Crippen MR) is 83.9 cm³/mol. The molecule has 0 aliphatic heterocycles. The number of nitrogens with zero attached hydrogens (tertiary/aromatic N) is 2. The Hall–Kier alpha value is -2.36. The Morgan fingerprint density at radius 2 is 1.76 bits per heavy atom. The maximum absolute atomic E-state index is 13.7. The van der Waals surface area contributed by atoms with E-state index in [0.29, 0.717) is 23.4 Å². The van der Waals surface area contributed by atoms with Gasteiger partial charge in [-0.15, -0.1) is 0 Å². The van der Waals surface area contributed by atoms with Crippen molar-refractivity contribution < 1.29 is 4.39 Å². The first-order chi connectivity index (χ1) is 9.95. The van der Waals surface area contributed by atoms with E-state index in [1.54, 1.807) is 13.8 Å². The first-order valence-electron chi connectivity index (χ1n) is 6.93. The van der Waals surface area contributed by atoms with Crippen LogP contribution in [-0.2, 0) is 6.54 Å². The van der Waals surface area contributed by atoms with Gasteiger partial charge >= 0.3 is 0 Å². The molecule has 0 atom stereocenters. The van der Waals surface area contributed by atoms with Crippen LogP contribution in [0.15, 0.2) is 30.3 Å².